The minimum atomic E-state index is 0.868. The SMILES string of the molecule is c1ccc(-c2ccc(-c3ccc(N(c4ccccc4-c4cccc5sc6ccccc6c45)c4cccc5oc6c7ccccc7ccc6c45)cc3)cc2)cc1. The van der Waals surface area contributed by atoms with E-state index in [-0.39, 0.29) is 0 Å². The number of anilines is 3. The smallest absolute Gasteiger partial charge is 0.143 e. The maximum atomic E-state index is 6.73. The van der Waals surface area contributed by atoms with E-state index in [1.165, 1.54) is 58.9 Å². The summed E-state index contributed by atoms with van der Waals surface area (Å²) in [5.74, 6) is 0. The van der Waals surface area contributed by atoms with Gasteiger partial charge in [0.15, 0.2) is 0 Å². The van der Waals surface area contributed by atoms with Crippen molar-refractivity contribution >= 4 is 81.3 Å². The zero-order valence-corrected chi connectivity index (χ0v) is 30.6. The topological polar surface area (TPSA) is 16.4 Å². The summed E-state index contributed by atoms with van der Waals surface area (Å²) in [6.07, 6.45) is 0. The summed E-state index contributed by atoms with van der Waals surface area (Å²) in [4.78, 5) is 2.43. The molecular formula is C52H33NOS. The van der Waals surface area contributed by atoms with Crippen LogP contribution in [0.15, 0.2) is 205 Å². The third-order valence-electron chi connectivity index (χ3n) is 10.9. The molecule has 0 fully saturated rings. The summed E-state index contributed by atoms with van der Waals surface area (Å²) >= 11 is 1.86. The lowest BCUT2D eigenvalue weighted by Crippen LogP contribution is -2.11. The van der Waals surface area contributed by atoms with Crippen LogP contribution in [-0.4, -0.2) is 0 Å². The lowest BCUT2D eigenvalue weighted by atomic mass is 9.96. The Balaban J connectivity index is 1.12. The third-order valence-corrected chi connectivity index (χ3v) is 12.0. The van der Waals surface area contributed by atoms with Gasteiger partial charge in [-0.3, -0.25) is 0 Å². The highest BCUT2D eigenvalue weighted by Gasteiger charge is 2.23. The molecule has 3 heteroatoms. The van der Waals surface area contributed by atoms with Gasteiger partial charge in [0.1, 0.15) is 11.2 Å². The molecule has 2 aromatic heterocycles. The largest absolute Gasteiger partial charge is 0.455 e. The molecule has 0 radical (unpaired) electrons. The van der Waals surface area contributed by atoms with Crippen LogP contribution in [0.4, 0.5) is 17.1 Å². The minimum Gasteiger partial charge on any atom is -0.455 e. The van der Waals surface area contributed by atoms with E-state index in [9.17, 15) is 0 Å². The van der Waals surface area contributed by atoms with Gasteiger partial charge in [0.2, 0.25) is 0 Å². The number of hydrogen-bond donors (Lipinski definition) is 0. The molecule has 9 aromatic carbocycles. The Labute approximate surface area is 322 Å². The van der Waals surface area contributed by atoms with Crippen LogP contribution in [0.1, 0.15) is 0 Å². The zero-order valence-electron chi connectivity index (χ0n) is 29.8. The van der Waals surface area contributed by atoms with Crippen molar-refractivity contribution in [1.29, 1.82) is 0 Å². The number of thiophene rings is 1. The van der Waals surface area contributed by atoms with Gasteiger partial charge in [0, 0.05) is 42.2 Å². The van der Waals surface area contributed by atoms with Gasteiger partial charge >= 0.3 is 0 Å². The van der Waals surface area contributed by atoms with Gasteiger partial charge in [0.25, 0.3) is 0 Å². The van der Waals surface area contributed by atoms with Gasteiger partial charge in [-0.05, 0) is 81.7 Å². The fraction of sp³-hybridized carbons (Fsp3) is 0. The van der Waals surface area contributed by atoms with Crippen LogP contribution in [0.2, 0.25) is 0 Å². The number of furan rings is 1. The second-order valence-corrected chi connectivity index (χ2v) is 15.1. The number of para-hydroxylation sites is 1. The predicted octanol–water partition coefficient (Wildman–Crippen LogP) is 15.6. The first-order valence-electron chi connectivity index (χ1n) is 18.7. The molecule has 0 saturated carbocycles. The molecule has 11 rings (SSSR count). The Hall–Kier alpha value is -6.94. The lowest BCUT2D eigenvalue weighted by Gasteiger charge is -2.29. The normalized spacial score (nSPS) is 11.6. The first kappa shape index (κ1) is 31.6. The van der Waals surface area contributed by atoms with Crippen LogP contribution >= 0.6 is 11.3 Å². The number of rotatable bonds is 6. The van der Waals surface area contributed by atoms with E-state index in [0.717, 1.165) is 44.4 Å². The zero-order chi connectivity index (χ0) is 36.3. The molecule has 0 atom stereocenters. The van der Waals surface area contributed by atoms with Gasteiger partial charge in [-0.25, -0.2) is 0 Å². The van der Waals surface area contributed by atoms with Gasteiger partial charge in [-0.1, -0.05) is 152 Å². The Morgan fingerprint density at radius 3 is 1.78 bits per heavy atom. The average molecular weight is 720 g/mol. The summed E-state index contributed by atoms with van der Waals surface area (Å²) in [7, 11) is 0. The second-order valence-electron chi connectivity index (χ2n) is 14.0. The van der Waals surface area contributed by atoms with Crippen molar-refractivity contribution < 1.29 is 4.42 Å². The van der Waals surface area contributed by atoms with Crippen molar-refractivity contribution in [2.45, 2.75) is 0 Å². The van der Waals surface area contributed by atoms with Crippen molar-refractivity contribution in [3.05, 3.63) is 200 Å². The number of nitrogens with zero attached hydrogens (tertiary/aromatic N) is 1. The van der Waals surface area contributed by atoms with Crippen molar-refractivity contribution in [1.82, 2.24) is 0 Å². The van der Waals surface area contributed by atoms with E-state index in [0.29, 0.717) is 0 Å². The highest BCUT2D eigenvalue weighted by Crippen LogP contribution is 2.49. The highest BCUT2D eigenvalue weighted by atomic mass is 32.1. The van der Waals surface area contributed by atoms with Crippen LogP contribution in [0.5, 0.6) is 0 Å². The van der Waals surface area contributed by atoms with E-state index in [1.807, 2.05) is 11.3 Å². The minimum absolute atomic E-state index is 0.868. The van der Waals surface area contributed by atoms with E-state index in [2.05, 4.69) is 205 Å². The molecule has 0 bridgehead atoms. The molecule has 55 heavy (non-hydrogen) atoms. The molecule has 258 valence electrons. The van der Waals surface area contributed by atoms with Crippen molar-refractivity contribution in [2.75, 3.05) is 4.90 Å². The van der Waals surface area contributed by atoms with Gasteiger partial charge in [0.05, 0.1) is 16.8 Å². The summed E-state index contributed by atoms with van der Waals surface area (Å²) in [6.45, 7) is 0. The van der Waals surface area contributed by atoms with Gasteiger partial charge in [-0.2, -0.15) is 0 Å². The molecule has 0 unspecified atom stereocenters. The van der Waals surface area contributed by atoms with Crippen LogP contribution in [-0.2, 0) is 0 Å². The van der Waals surface area contributed by atoms with Crippen LogP contribution in [0, 0.1) is 0 Å². The van der Waals surface area contributed by atoms with E-state index in [1.54, 1.807) is 0 Å². The van der Waals surface area contributed by atoms with Crippen LogP contribution < -0.4 is 4.90 Å². The lowest BCUT2D eigenvalue weighted by molar-refractivity contribution is 0.672. The standard InChI is InChI=1S/C52H33NOS/c1-2-12-34(13-3-1)35-24-26-36(27-25-35)37-28-31-39(32-29-37)53(46-20-11-21-47-51(46)44-33-30-38-14-4-5-15-40(38)52(44)54-47)45-19-8-6-16-41(45)42-18-10-23-49-50(42)43-17-7-9-22-48(43)55-49/h1-33H. The summed E-state index contributed by atoms with van der Waals surface area (Å²) in [5.41, 5.74) is 12.2. The predicted molar refractivity (Wildman–Crippen MR) is 235 cm³/mol. The molecule has 0 aliphatic carbocycles. The van der Waals surface area contributed by atoms with E-state index < -0.39 is 0 Å². The quantitative estimate of drug-likeness (QED) is 0.170. The first-order valence-corrected chi connectivity index (χ1v) is 19.5. The maximum absolute atomic E-state index is 6.73. The monoisotopic (exact) mass is 719 g/mol. The molecule has 0 amide bonds. The number of fused-ring (bicyclic) bond motifs is 8. The van der Waals surface area contributed by atoms with Gasteiger partial charge in [-0.15, -0.1) is 11.3 Å². The number of hydrogen-bond acceptors (Lipinski definition) is 3. The number of benzene rings is 9. The Bertz CT molecular complexity index is 3190. The highest BCUT2D eigenvalue weighted by molar-refractivity contribution is 7.25. The average Bonchev–Trinajstić information content (AvgIpc) is 3.84. The molecule has 0 aliphatic rings. The fourth-order valence-corrected chi connectivity index (χ4v) is 9.45. The molecule has 2 heterocycles. The maximum Gasteiger partial charge on any atom is 0.143 e. The molecule has 11 aromatic rings. The molecule has 0 spiro atoms. The van der Waals surface area contributed by atoms with Gasteiger partial charge < -0.3 is 9.32 Å². The molecular weight excluding hydrogens is 687 g/mol. The first-order chi connectivity index (χ1) is 27.3. The molecule has 0 N–H and O–H groups in total. The molecule has 0 aliphatic heterocycles. The summed E-state index contributed by atoms with van der Waals surface area (Å²) in [5, 5.41) is 7.07. The van der Waals surface area contributed by atoms with Crippen molar-refractivity contribution in [3.8, 4) is 33.4 Å². The Morgan fingerprint density at radius 2 is 0.964 bits per heavy atom. The van der Waals surface area contributed by atoms with Crippen molar-refractivity contribution in [3.63, 3.8) is 0 Å². The molecule has 2 nitrogen and oxygen atoms in total. The third kappa shape index (κ3) is 5.24. The summed E-state index contributed by atoms with van der Waals surface area (Å²) in [6, 6.07) is 72.1. The van der Waals surface area contributed by atoms with Crippen molar-refractivity contribution in [2.24, 2.45) is 0 Å². The molecule has 0 saturated heterocycles. The summed E-state index contributed by atoms with van der Waals surface area (Å²) < 4.78 is 9.32. The second kappa shape index (κ2) is 12.9. The van der Waals surface area contributed by atoms with E-state index in [4.69, 9.17) is 4.42 Å². The Kier molecular flexibility index (Phi) is 7.39. The fourth-order valence-electron chi connectivity index (χ4n) is 8.31. The van der Waals surface area contributed by atoms with Crippen LogP contribution in [0.3, 0.4) is 0 Å². The van der Waals surface area contributed by atoms with E-state index >= 15 is 0 Å². The Morgan fingerprint density at radius 1 is 0.364 bits per heavy atom. The van der Waals surface area contributed by atoms with Crippen LogP contribution in [0.25, 0.3) is 86.3 Å².